The van der Waals surface area contributed by atoms with Crippen molar-refractivity contribution < 1.29 is 4.52 Å². The van der Waals surface area contributed by atoms with E-state index in [0.717, 1.165) is 31.6 Å². The van der Waals surface area contributed by atoms with Gasteiger partial charge >= 0.3 is 0 Å². The first-order valence-corrected chi connectivity index (χ1v) is 6.77. The average Bonchev–Trinajstić information content (AvgIpc) is 2.87. The summed E-state index contributed by atoms with van der Waals surface area (Å²) < 4.78 is 5.24. The summed E-state index contributed by atoms with van der Waals surface area (Å²) >= 11 is 0. The van der Waals surface area contributed by atoms with Gasteiger partial charge in [-0.25, -0.2) is 0 Å². The highest BCUT2D eigenvalue weighted by molar-refractivity contribution is 5.17. The summed E-state index contributed by atoms with van der Waals surface area (Å²) in [6, 6.07) is 12.5. The van der Waals surface area contributed by atoms with Gasteiger partial charge in [0.15, 0.2) is 0 Å². The first-order valence-electron chi connectivity index (χ1n) is 6.77. The summed E-state index contributed by atoms with van der Waals surface area (Å²) in [5, 5.41) is 5.92. The van der Waals surface area contributed by atoms with Gasteiger partial charge in [-0.1, -0.05) is 30.3 Å². The molecule has 0 spiro atoms. The van der Waals surface area contributed by atoms with Crippen molar-refractivity contribution in [3.8, 4) is 0 Å². The Morgan fingerprint density at radius 1 is 1.26 bits per heavy atom. The molecule has 0 unspecified atom stereocenters. The number of H-pyrrole nitrogens is 1. The number of nitrogens with one attached hydrogen (secondary N) is 2. The smallest absolute Gasteiger partial charge is 0.280 e. The number of piperidine rings is 1. The second kappa shape index (κ2) is 5.45. The van der Waals surface area contributed by atoms with Gasteiger partial charge in [-0.05, 0) is 31.4 Å². The lowest BCUT2D eigenvalue weighted by atomic mass is 9.87. The average molecular weight is 258 g/mol. The fraction of sp³-hybridized carbons (Fsp3) is 0.400. The van der Waals surface area contributed by atoms with Gasteiger partial charge in [0, 0.05) is 18.0 Å². The van der Waals surface area contributed by atoms with E-state index in [9.17, 15) is 4.79 Å². The lowest BCUT2D eigenvalue weighted by molar-refractivity contribution is 0.292. The Labute approximate surface area is 111 Å². The van der Waals surface area contributed by atoms with E-state index in [4.69, 9.17) is 4.52 Å². The van der Waals surface area contributed by atoms with Gasteiger partial charge in [-0.3, -0.25) is 4.79 Å². The Morgan fingerprint density at radius 3 is 2.84 bits per heavy atom. The highest BCUT2D eigenvalue weighted by Crippen LogP contribution is 2.27. The molecule has 1 aromatic heterocycles. The predicted molar refractivity (Wildman–Crippen MR) is 73.2 cm³/mol. The highest BCUT2D eigenvalue weighted by atomic mass is 16.5. The molecule has 19 heavy (non-hydrogen) atoms. The van der Waals surface area contributed by atoms with Gasteiger partial charge in [0.1, 0.15) is 5.76 Å². The largest absolute Gasteiger partial charge is 0.383 e. The van der Waals surface area contributed by atoms with Crippen LogP contribution < -0.4 is 10.9 Å². The zero-order chi connectivity index (χ0) is 13.1. The molecular weight excluding hydrogens is 240 g/mol. The van der Waals surface area contributed by atoms with Crippen LogP contribution in [0.3, 0.4) is 0 Å². The maximum Gasteiger partial charge on any atom is 0.280 e. The summed E-state index contributed by atoms with van der Waals surface area (Å²) in [6.07, 6.45) is 3.05. The second-order valence-electron chi connectivity index (χ2n) is 5.18. The molecule has 2 heterocycles. The van der Waals surface area contributed by atoms with E-state index >= 15 is 0 Å². The summed E-state index contributed by atoms with van der Waals surface area (Å²) in [4.78, 5) is 11.1. The van der Waals surface area contributed by atoms with Crippen LogP contribution in [0.4, 0.5) is 0 Å². The number of hydrogen-bond acceptors (Lipinski definition) is 3. The molecule has 3 rings (SSSR count). The zero-order valence-electron chi connectivity index (χ0n) is 10.8. The van der Waals surface area contributed by atoms with E-state index in [1.807, 2.05) is 6.07 Å². The van der Waals surface area contributed by atoms with Crippen LogP contribution in [0.1, 0.15) is 30.1 Å². The third kappa shape index (κ3) is 2.96. The molecule has 0 saturated carbocycles. The molecule has 0 bridgehead atoms. The van der Waals surface area contributed by atoms with E-state index in [1.54, 1.807) is 6.07 Å². The van der Waals surface area contributed by atoms with E-state index in [-0.39, 0.29) is 5.56 Å². The molecule has 2 aromatic rings. The third-order valence-electron chi connectivity index (χ3n) is 3.76. The normalized spacial score (nSPS) is 23.4. The zero-order valence-corrected chi connectivity index (χ0v) is 10.8. The minimum absolute atomic E-state index is 0.145. The Morgan fingerprint density at radius 2 is 2.11 bits per heavy atom. The lowest BCUT2D eigenvalue weighted by Gasteiger charge is -2.29. The Balaban J connectivity index is 1.66. The van der Waals surface area contributed by atoms with Gasteiger partial charge in [0.05, 0.1) is 0 Å². The van der Waals surface area contributed by atoms with Gasteiger partial charge in [-0.15, -0.1) is 0 Å². The standard InChI is InChI=1S/C15H18N2O2/c18-15-10-14(19-17-15)12-6-7-16-13(9-12)8-11-4-2-1-3-5-11/h1-5,10,12-13,16H,6-9H2,(H,17,18)/t12-,13-/m1/s1. The first kappa shape index (κ1) is 12.2. The van der Waals surface area contributed by atoms with Crippen molar-refractivity contribution in [2.45, 2.75) is 31.2 Å². The monoisotopic (exact) mass is 258 g/mol. The van der Waals surface area contributed by atoms with Crippen molar-refractivity contribution in [2.75, 3.05) is 6.54 Å². The molecule has 1 aromatic carbocycles. The number of rotatable bonds is 3. The van der Waals surface area contributed by atoms with Crippen LogP contribution >= 0.6 is 0 Å². The van der Waals surface area contributed by atoms with Crippen LogP contribution in [0.25, 0.3) is 0 Å². The maximum absolute atomic E-state index is 11.1. The fourth-order valence-electron chi connectivity index (χ4n) is 2.82. The van der Waals surface area contributed by atoms with E-state index in [0.29, 0.717) is 12.0 Å². The van der Waals surface area contributed by atoms with Gasteiger partial charge in [-0.2, -0.15) is 5.16 Å². The van der Waals surface area contributed by atoms with E-state index < -0.39 is 0 Å². The Hall–Kier alpha value is -1.81. The Kier molecular flexibility index (Phi) is 3.51. The van der Waals surface area contributed by atoms with Crippen molar-refractivity contribution in [3.05, 3.63) is 58.1 Å². The molecule has 4 heteroatoms. The summed E-state index contributed by atoms with van der Waals surface area (Å²) in [5.74, 6) is 1.14. The van der Waals surface area contributed by atoms with Crippen molar-refractivity contribution in [1.82, 2.24) is 10.5 Å². The number of hydrogen-bond donors (Lipinski definition) is 2. The van der Waals surface area contributed by atoms with E-state index in [2.05, 4.69) is 34.7 Å². The number of aromatic amines is 1. The molecule has 1 aliphatic heterocycles. The van der Waals surface area contributed by atoms with Crippen molar-refractivity contribution >= 4 is 0 Å². The quantitative estimate of drug-likeness (QED) is 0.885. The van der Waals surface area contributed by atoms with Crippen LogP contribution in [0.15, 0.2) is 45.7 Å². The van der Waals surface area contributed by atoms with Gasteiger partial charge in [0.25, 0.3) is 5.56 Å². The van der Waals surface area contributed by atoms with Crippen molar-refractivity contribution in [3.63, 3.8) is 0 Å². The fourth-order valence-corrected chi connectivity index (χ4v) is 2.82. The minimum atomic E-state index is -0.145. The number of benzene rings is 1. The molecule has 4 nitrogen and oxygen atoms in total. The topological polar surface area (TPSA) is 58.0 Å². The first-order chi connectivity index (χ1) is 9.31. The van der Waals surface area contributed by atoms with Crippen LogP contribution in [0.5, 0.6) is 0 Å². The molecule has 2 atom stereocenters. The molecule has 100 valence electrons. The highest BCUT2D eigenvalue weighted by Gasteiger charge is 2.25. The molecule has 0 amide bonds. The van der Waals surface area contributed by atoms with Crippen LogP contribution in [-0.4, -0.2) is 17.7 Å². The molecule has 2 N–H and O–H groups in total. The van der Waals surface area contributed by atoms with Crippen LogP contribution in [-0.2, 0) is 6.42 Å². The predicted octanol–water partition coefficient (Wildman–Crippen LogP) is 2.05. The molecule has 1 aliphatic rings. The number of aromatic nitrogens is 1. The molecule has 0 aliphatic carbocycles. The lowest BCUT2D eigenvalue weighted by Crippen LogP contribution is -2.38. The third-order valence-corrected chi connectivity index (χ3v) is 3.76. The van der Waals surface area contributed by atoms with Crippen molar-refractivity contribution in [1.29, 1.82) is 0 Å². The second-order valence-corrected chi connectivity index (χ2v) is 5.18. The van der Waals surface area contributed by atoms with Crippen LogP contribution in [0, 0.1) is 0 Å². The molecule has 1 fully saturated rings. The molecule has 1 saturated heterocycles. The summed E-state index contributed by atoms with van der Waals surface area (Å²) in [7, 11) is 0. The minimum Gasteiger partial charge on any atom is -0.383 e. The SMILES string of the molecule is O=c1cc([C@@H]2CCN[C@H](Cc3ccccc3)C2)o[nH]1. The van der Waals surface area contributed by atoms with Crippen LogP contribution in [0.2, 0.25) is 0 Å². The summed E-state index contributed by atoms with van der Waals surface area (Å²) in [6.45, 7) is 0.969. The molecule has 0 radical (unpaired) electrons. The molecular formula is C15H18N2O2. The van der Waals surface area contributed by atoms with Gasteiger partial charge < -0.3 is 9.84 Å². The summed E-state index contributed by atoms with van der Waals surface area (Å²) in [5.41, 5.74) is 1.20. The maximum atomic E-state index is 11.1. The Bertz CT molecular complexity index is 573. The van der Waals surface area contributed by atoms with E-state index in [1.165, 1.54) is 5.56 Å². The van der Waals surface area contributed by atoms with Gasteiger partial charge in [0.2, 0.25) is 0 Å². The van der Waals surface area contributed by atoms with Crippen molar-refractivity contribution in [2.24, 2.45) is 0 Å².